The number of allylic oxidation sites excluding steroid dienone is 2. The molecule has 3 nitrogen and oxygen atoms in total. The average molecular weight is 211 g/mol. The molecule has 0 fully saturated rings. The van der Waals surface area contributed by atoms with E-state index in [1.54, 1.807) is 0 Å². The van der Waals surface area contributed by atoms with Gasteiger partial charge in [0, 0.05) is 11.6 Å². The molecule has 0 aromatic carbocycles. The normalized spacial score (nSPS) is 16.2. The molecule has 0 aliphatic carbocycles. The van der Waals surface area contributed by atoms with E-state index in [2.05, 4.69) is 39.6 Å². The molecule has 3 heteroatoms. The summed E-state index contributed by atoms with van der Waals surface area (Å²) in [4.78, 5) is 4.18. The van der Waals surface area contributed by atoms with E-state index in [4.69, 9.17) is 11.5 Å². The Labute approximate surface area is 93.6 Å². The molecule has 0 saturated heterocycles. The molecule has 1 atom stereocenters. The van der Waals surface area contributed by atoms with E-state index in [9.17, 15) is 0 Å². The minimum atomic E-state index is 0.317. The molecular weight excluding hydrogens is 186 g/mol. The van der Waals surface area contributed by atoms with Crippen LogP contribution in [0.1, 0.15) is 41.0 Å². The monoisotopic (exact) mass is 211 g/mol. The van der Waals surface area contributed by atoms with Crippen LogP contribution >= 0.6 is 0 Å². The molecule has 0 aromatic rings. The topological polar surface area (TPSA) is 64.4 Å². The van der Waals surface area contributed by atoms with Gasteiger partial charge in [0.05, 0.1) is 12.0 Å². The Kier molecular flexibility index (Phi) is 6.06. The second-order valence-electron chi connectivity index (χ2n) is 4.53. The fourth-order valence-corrected chi connectivity index (χ4v) is 1.88. The van der Waals surface area contributed by atoms with Gasteiger partial charge in [-0.15, -0.1) is 0 Å². The Hall–Kier alpha value is -0.990. The van der Waals surface area contributed by atoms with Gasteiger partial charge >= 0.3 is 0 Å². The van der Waals surface area contributed by atoms with Crippen molar-refractivity contribution in [3.05, 3.63) is 11.4 Å². The van der Waals surface area contributed by atoms with Crippen LogP contribution < -0.4 is 11.5 Å². The average Bonchev–Trinajstić information content (AvgIpc) is 2.13. The Balaban J connectivity index is 5.13. The zero-order valence-electron chi connectivity index (χ0n) is 10.6. The van der Waals surface area contributed by atoms with Crippen LogP contribution in [0.15, 0.2) is 16.4 Å². The summed E-state index contributed by atoms with van der Waals surface area (Å²) in [6, 6.07) is 0. The van der Waals surface area contributed by atoms with Crippen LogP contribution in [-0.4, -0.2) is 6.34 Å². The second-order valence-corrected chi connectivity index (χ2v) is 4.53. The third-order valence-corrected chi connectivity index (χ3v) is 2.70. The Morgan fingerprint density at radius 1 is 1.27 bits per heavy atom. The Morgan fingerprint density at radius 2 is 1.80 bits per heavy atom. The van der Waals surface area contributed by atoms with Crippen LogP contribution in [0.4, 0.5) is 0 Å². The fraction of sp³-hybridized carbons (Fsp3) is 0.750. The number of aliphatic imine (C=N–C) groups is 1. The van der Waals surface area contributed by atoms with E-state index in [1.807, 2.05) is 0 Å². The lowest BCUT2D eigenvalue weighted by molar-refractivity contribution is 0.419. The summed E-state index contributed by atoms with van der Waals surface area (Å²) in [6.45, 7) is 10.7. The lowest BCUT2D eigenvalue weighted by atomic mass is 9.88. The summed E-state index contributed by atoms with van der Waals surface area (Å²) in [6.07, 6.45) is 2.37. The molecule has 0 radical (unpaired) electrons. The van der Waals surface area contributed by atoms with Crippen molar-refractivity contribution in [2.24, 2.45) is 34.2 Å². The highest BCUT2D eigenvalue weighted by atomic mass is 14.8. The number of nitrogens with zero attached hydrogens (tertiary/aromatic N) is 1. The molecule has 0 aliphatic heterocycles. The van der Waals surface area contributed by atoms with Crippen molar-refractivity contribution in [3.63, 3.8) is 0 Å². The SMILES string of the molecule is CCC(/C(N)=C(\N=CN)C(C)C)C(C)C. The minimum Gasteiger partial charge on any atom is -0.400 e. The van der Waals surface area contributed by atoms with Gasteiger partial charge in [0.15, 0.2) is 0 Å². The highest BCUT2D eigenvalue weighted by molar-refractivity contribution is 5.53. The molecule has 0 saturated carbocycles. The van der Waals surface area contributed by atoms with Crippen LogP contribution in [0, 0.1) is 17.8 Å². The van der Waals surface area contributed by atoms with Gasteiger partial charge in [-0.2, -0.15) is 0 Å². The molecule has 0 amide bonds. The summed E-state index contributed by atoms with van der Waals surface area (Å²) in [7, 11) is 0. The Bertz CT molecular complexity index is 239. The molecule has 1 unspecified atom stereocenters. The molecular formula is C12H25N3. The van der Waals surface area contributed by atoms with E-state index in [0.717, 1.165) is 17.8 Å². The summed E-state index contributed by atoms with van der Waals surface area (Å²) in [5, 5.41) is 0. The van der Waals surface area contributed by atoms with Crippen molar-refractivity contribution in [2.75, 3.05) is 0 Å². The van der Waals surface area contributed by atoms with Gasteiger partial charge < -0.3 is 11.5 Å². The smallest absolute Gasteiger partial charge is 0.0857 e. The van der Waals surface area contributed by atoms with E-state index in [-0.39, 0.29) is 0 Å². The highest BCUT2D eigenvalue weighted by Gasteiger charge is 2.18. The lowest BCUT2D eigenvalue weighted by Gasteiger charge is -2.22. The third kappa shape index (κ3) is 3.94. The van der Waals surface area contributed by atoms with Crippen molar-refractivity contribution in [1.82, 2.24) is 0 Å². The van der Waals surface area contributed by atoms with Crippen LogP contribution in [0.3, 0.4) is 0 Å². The lowest BCUT2D eigenvalue weighted by Crippen LogP contribution is -2.20. The molecule has 0 rings (SSSR count). The zero-order chi connectivity index (χ0) is 12.0. The van der Waals surface area contributed by atoms with Gasteiger partial charge in [-0.25, -0.2) is 4.99 Å². The second kappa shape index (κ2) is 6.49. The largest absolute Gasteiger partial charge is 0.400 e. The van der Waals surface area contributed by atoms with Gasteiger partial charge in [-0.05, 0) is 18.3 Å². The fourth-order valence-electron chi connectivity index (χ4n) is 1.88. The first kappa shape index (κ1) is 14.0. The molecule has 0 spiro atoms. The summed E-state index contributed by atoms with van der Waals surface area (Å²) < 4.78 is 0. The van der Waals surface area contributed by atoms with E-state index >= 15 is 0 Å². The maximum Gasteiger partial charge on any atom is 0.0857 e. The number of hydrogen-bond acceptors (Lipinski definition) is 2. The van der Waals surface area contributed by atoms with E-state index in [1.165, 1.54) is 6.34 Å². The standard InChI is InChI=1S/C12H25N3/c1-6-10(8(2)3)11(14)12(9(4)5)15-7-13/h7-10H,6,14H2,1-5H3,(H2,13,15)/b12-11+. The summed E-state index contributed by atoms with van der Waals surface area (Å²) >= 11 is 0. The predicted octanol–water partition coefficient (Wildman–Crippen LogP) is 2.48. The van der Waals surface area contributed by atoms with Gasteiger partial charge in [-0.1, -0.05) is 34.6 Å². The van der Waals surface area contributed by atoms with Crippen LogP contribution in [0.5, 0.6) is 0 Å². The summed E-state index contributed by atoms with van der Waals surface area (Å²) in [5.41, 5.74) is 13.3. The molecule has 4 N–H and O–H groups in total. The Morgan fingerprint density at radius 3 is 2.07 bits per heavy atom. The summed E-state index contributed by atoms with van der Waals surface area (Å²) in [5.74, 6) is 1.25. The molecule has 15 heavy (non-hydrogen) atoms. The predicted molar refractivity (Wildman–Crippen MR) is 67.3 cm³/mol. The minimum absolute atomic E-state index is 0.317. The molecule has 0 aromatic heterocycles. The van der Waals surface area contributed by atoms with Crippen molar-refractivity contribution >= 4 is 6.34 Å². The number of nitrogens with two attached hydrogens (primary N) is 2. The molecule has 0 heterocycles. The quantitative estimate of drug-likeness (QED) is 0.542. The first-order valence-corrected chi connectivity index (χ1v) is 5.69. The van der Waals surface area contributed by atoms with Gasteiger partial charge in [0.2, 0.25) is 0 Å². The van der Waals surface area contributed by atoms with Crippen LogP contribution in [0.2, 0.25) is 0 Å². The van der Waals surface area contributed by atoms with E-state index < -0.39 is 0 Å². The molecule has 0 aliphatic rings. The first-order chi connectivity index (χ1) is 6.95. The van der Waals surface area contributed by atoms with Crippen LogP contribution in [0.25, 0.3) is 0 Å². The van der Waals surface area contributed by atoms with E-state index in [0.29, 0.717) is 17.8 Å². The van der Waals surface area contributed by atoms with Crippen molar-refractivity contribution in [1.29, 1.82) is 0 Å². The van der Waals surface area contributed by atoms with Crippen molar-refractivity contribution in [3.8, 4) is 0 Å². The highest BCUT2D eigenvalue weighted by Crippen LogP contribution is 2.26. The number of rotatable bonds is 5. The van der Waals surface area contributed by atoms with Crippen molar-refractivity contribution < 1.29 is 0 Å². The van der Waals surface area contributed by atoms with Crippen molar-refractivity contribution in [2.45, 2.75) is 41.0 Å². The first-order valence-electron chi connectivity index (χ1n) is 5.69. The maximum atomic E-state index is 6.17. The zero-order valence-corrected chi connectivity index (χ0v) is 10.6. The number of hydrogen-bond donors (Lipinski definition) is 2. The molecule has 88 valence electrons. The van der Waals surface area contributed by atoms with Gasteiger partial charge in [-0.3, -0.25) is 0 Å². The molecule has 0 bridgehead atoms. The third-order valence-electron chi connectivity index (χ3n) is 2.70. The maximum absolute atomic E-state index is 6.17. The van der Waals surface area contributed by atoms with Crippen LogP contribution in [-0.2, 0) is 0 Å². The van der Waals surface area contributed by atoms with Gasteiger partial charge in [0.1, 0.15) is 0 Å². The van der Waals surface area contributed by atoms with Gasteiger partial charge in [0.25, 0.3) is 0 Å².